The molecule has 0 aromatic heterocycles. The lowest BCUT2D eigenvalue weighted by Gasteiger charge is -2.28. The fourth-order valence-electron chi connectivity index (χ4n) is 2.64. The van der Waals surface area contributed by atoms with Gasteiger partial charge in [-0.1, -0.05) is 12.1 Å². The maximum absolute atomic E-state index is 13.5. The van der Waals surface area contributed by atoms with Crippen LogP contribution in [-0.4, -0.2) is 33.2 Å². The van der Waals surface area contributed by atoms with Crippen LogP contribution in [-0.2, 0) is 21.4 Å². The van der Waals surface area contributed by atoms with Gasteiger partial charge >= 0.3 is 0 Å². The summed E-state index contributed by atoms with van der Waals surface area (Å²) in [7, 11) is -3.92. The van der Waals surface area contributed by atoms with E-state index in [0.717, 1.165) is 34.3 Å². The Balaban J connectivity index is 2.14. The molecule has 2 aromatic carbocycles. The predicted octanol–water partition coefficient (Wildman–Crippen LogP) is 2.83. The lowest BCUT2D eigenvalue weighted by atomic mass is 10.2. The fourth-order valence-corrected chi connectivity index (χ4v) is 3.80. The van der Waals surface area contributed by atoms with Gasteiger partial charge in [0.15, 0.2) is 11.6 Å². The summed E-state index contributed by atoms with van der Waals surface area (Å²) in [5, 5.41) is 2.64. The molecule has 1 amide bonds. The monoisotopic (exact) mass is 412 g/mol. The van der Waals surface area contributed by atoms with Crippen LogP contribution in [0.4, 0.5) is 14.5 Å². The Morgan fingerprint density at radius 2 is 1.79 bits per heavy atom. The van der Waals surface area contributed by atoms with Crippen LogP contribution in [0.25, 0.3) is 0 Å². The molecule has 0 radical (unpaired) electrons. The highest BCUT2D eigenvalue weighted by Gasteiger charge is 2.29. The topological polar surface area (TPSA) is 75.7 Å². The van der Waals surface area contributed by atoms with Gasteiger partial charge in [0.25, 0.3) is 0 Å². The summed E-state index contributed by atoms with van der Waals surface area (Å²) in [6.07, 6.45) is 0.893. The molecule has 0 spiro atoms. The number of amides is 1. The highest BCUT2D eigenvalue weighted by atomic mass is 32.2. The van der Waals surface area contributed by atoms with E-state index in [2.05, 4.69) is 5.32 Å². The van der Waals surface area contributed by atoms with Gasteiger partial charge < -0.3 is 10.1 Å². The standard InChI is InChI=1S/C19H22F2N2O4S/c1-4-27-16-8-5-14(6-9-16)12-22-19(24)13(2)23(28(3,25)26)15-7-10-17(20)18(21)11-15/h5-11,13H,4,12H2,1-3H3,(H,22,24)/t13-/m1/s1. The second-order valence-electron chi connectivity index (χ2n) is 6.13. The Morgan fingerprint density at radius 1 is 1.14 bits per heavy atom. The van der Waals surface area contributed by atoms with Gasteiger partial charge in [0, 0.05) is 12.6 Å². The lowest BCUT2D eigenvalue weighted by Crippen LogP contribution is -2.47. The van der Waals surface area contributed by atoms with Crippen LogP contribution < -0.4 is 14.4 Å². The third-order valence-electron chi connectivity index (χ3n) is 3.95. The number of rotatable bonds is 8. The molecule has 0 aliphatic rings. The molecule has 1 N–H and O–H groups in total. The molecule has 0 saturated carbocycles. The molecule has 0 fully saturated rings. The number of hydrogen-bond donors (Lipinski definition) is 1. The first kappa shape index (κ1) is 21.6. The average Bonchev–Trinajstić information content (AvgIpc) is 2.63. The summed E-state index contributed by atoms with van der Waals surface area (Å²) < 4.78 is 57.1. The number of carbonyl (C=O) groups excluding carboxylic acids is 1. The van der Waals surface area contributed by atoms with Crippen molar-refractivity contribution in [3.05, 3.63) is 59.7 Å². The molecule has 0 heterocycles. The van der Waals surface area contributed by atoms with Crippen LogP contribution >= 0.6 is 0 Å². The van der Waals surface area contributed by atoms with E-state index in [1.165, 1.54) is 6.92 Å². The van der Waals surface area contributed by atoms with Crippen molar-refractivity contribution in [1.29, 1.82) is 0 Å². The van der Waals surface area contributed by atoms with E-state index in [1.807, 2.05) is 6.92 Å². The lowest BCUT2D eigenvalue weighted by molar-refractivity contribution is -0.122. The van der Waals surface area contributed by atoms with Crippen molar-refractivity contribution in [3.63, 3.8) is 0 Å². The van der Waals surface area contributed by atoms with Crippen LogP contribution in [0.2, 0.25) is 0 Å². The molecular formula is C19H22F2N2O4S. The van der Waals surface area contributed by atoms with Gasteiger partial charge in [0.2, 0.25) is 15.9 Å². The molecule has 0 unspecified atom stereocenters. The number of sulfonamides is 1. The Labute approximate surface area is 163 Å². The number of hydrogen-bond acceptors (Lipinski definition) is 4. The zero-order chi connectivity index (χ0) is 20.9. The molecule has 0 aliphatic carbocycles. The van der Waals surface area contributed by atoms with Crippen LogP contribution in [0.1, 0.15) is 19.4 Å². The first-order chi connectivity index (χ1) is 13.1. The summed E-state index contributed by atoms with van der Waals surface area (Å²) in [5.74, 6) is -2.19. The number of nitrogens with one attached hydrogen (secondary N) is 1. The van der Waals surface area contributed by atoms with Crippen molar-refractivity contribution in [1.82, 2.24) is 5.32 Å². The normalized spacial score (nSPS) is 12.3. The second-order valence-corrected chi connectivity index (χ2v) is 7.99. The van der Waals surface area contributed by atoms with Crippen molar-refractivity contribution in [2.45, 2.75) is 26.4 Å². The first-order valence-electron chi connectivity index (χ1n) is 8.57. The SMILES string of the molecule is CCOc1ccc(CNC(=O)[C@@H](C)N(c2ccc(F)c(F)c2)S(C)(=O)=O)cc1. The van der Waals surface area contributed by atoms with Gasteiger partial charge in [0.1, 0.15) is 11.8 Å². The molecule has 1 atom stereocenters. The maximum atomic E-state index is 13.5. The first-order valence-corrected chi connectivity index (χ1v) is 10.4. The van der Waals surface area contributed by atoms with Crippen LogP contribution in [0.15, 0.2) is 42.5 Å². The molecule has 28 heavy (non-hydrogen) atoms. The number of halogens is 2. The van der Waals surface area contributed by atoms with Crippen LogP contribution in [0.3, 0.4) is 0 Å². The minimum atomic E-state index is -3.92. The highest BCUT2D eigenvalue weighted by molar-refractivity contribution is 7.92. The molecule has 9 heteroatoms. The second kappa shape index (κ2) is 9.01. The molecule has 6 nitrogen and oxygen atoms in total. The molecule has 2 aromatic rings. The summed E-state index contributed by atoms with van der Waals surface area (Å²) in [4.78, 5) is 12.5. The van der Waals surface area contributed by atoms with E-state index in [4.69, 9.17) is 4.74 Å². The molecule has 2 rings (SSSR count). The highest BCUT2D eigenvalue weighted by Crippen LogP contribution is 2.23. The zero-order valence-electron chi connectivity index (χ0n) is 15.8. The van der Waals surface area contributed by atoms with E-state index in [-0.39, 0.29) is 12.2 Å². The Hall–Kier alpha value is -2.68. The van der Waals surface area contributed by atoms with Crippen molar-refractivity contribution >= 4 is 21.6 Å². The largest absolute Gasteiger partial charge is 0.494 e. The van der Waals surface area contributed by atoms with Gasteiger partial charge in [-0.2, -0.15) is 0 Å². The summed E-state index contributed by atoms with van der Waals surface area (Å²) in [6, 6.07) is 8.58. The van der Waals surface area contributed by atoms with Gasteiger partial charge in [-0.25, -0.2) is 17.2 Å². The quantitative estimate of drug-likeness (QED) is 0.724. The van der Waals surface area contributed by atoms with E-state index >= 15 is 0 Å². The number of nitrogens with zero attached hydrogens (tertiary/aromatic N) is 1. The van der Waals surface area contributed by atoms with Crippen LogP contribution in [0, 0.1) is 11.6 Å². The molecule has 0 aliphatic heterocycles. The van der Waals surface area contributed by atoms with Crippen molar-refractivity contribution in [3.8, 4) is 5.75 Å². The minimum Gasteiger partial charge on any atom is -0.494 e. The Bertz CT molecular complexity index is 933. The minimum absolute atomic E-state index is 0.134. The van der Waals surface area contributed by atoms with Gasteiger partial charge in [0.05, 0.1) is 18.6 Å². The van der Waals surface area contributed by atoms with E-state index in [0.29, 0.717) is 12.4 Å². The van der Waals surface area contributed by atoms with Gasteiger partial charge in [-0.05, 0) is 43.7 Å². The van der Waals surface area contributed by atoms with Gasteiger partial charge in [-0.15, -0.1) is 0 Å². The Kier molecular flexibility index (Phi) is 6.95. The van der Waals surface area contributed by atoms with E-state index in [1.54, 1.807) is 24.3 Å². The number of benzene rings is 2. The van der Waals surface area contributed by atoms with Crippen molar-refractivity contribution in [2.75, 3.05) is 17.2 Å². The number of anilines is 1. The summed E-state index contributed by atoms with van der Waals surface area (Å²) in [6.45, 7) is 3.95. The van der Waals surface area contributed by atoms with Crippen molar-refractivity contribution in [2.24, 2.45) is 0 Å². The summed E-state index contributed by atoms with van der Waals surface area (Å²) in [5.41, 5.74) is 0.660. The van der Waals surface area contributed by atoms with Crippen LogP contribution in [0.5, 0.6) is 5.75 Å². The third kappa shape index (κ3) is 5.41. The number of ether oxygens (including phenoxy) is 1. The predicted molar refractivity (Wildman–Crippen MR) is 103 cm³/mol. The van der Waals surface area contributed by atoms with E-state index in [9.17, 15) is 22.0 Å². The summed E-state index contributed by atoms with van der Waals surface area (Å²) >= 11 is 0. The smallest absolute Gasteiger partial charge is 0.243 e. The molecule has 152 valence electrons. The zero-order valence-corrected chi connectivity index (χ0v) is 16.6. The van der Waals surface area contributed by atoms with E-state index < -0.39 is 33.6 Å². The molecule has 0 saturated heterocycles. The molecular weight excluding hydrogens is 390 g/mol. The average molecular weight is 412 g/mol. The number of carbonyl (C=O) groups is 1. The van der Waals surface area contributed by atoms with Gasteiger partial charge in [-0.3, -0.25) is 9.10 Å². The third-order valence-corrected chi connectivity index (χ3v) is 5.19. The fraction of sp³-hybridized carbons (Fsp3) is 0.316. The maximum Gasteiger partial charge on any atom is 0.243 e. The van der Waals surface area contributed by atoms with Crippen molar-refractivity contribution < 1.29 is 26.7 Å². The Morgan fingerprint density at radius 3 is 2.32 bits per heavy atom. The molecule has 0 bridgehead atoms.